The summed E-state index contributed by atoms with van der Waals surface area (Å²) in [6, 6.07) is 0. The number of aliphatic hydroxyl groups excluding tert-OH is 1. The highest BCUT2D eigenvalue weighted by atomic mass is 16.3. The van der Waals surface area contributed by atoms with Crippen molar-refractivity contribution in [2.45, 2.75) is 33.8 Å². The molecule has 0 aromatic rings. The van der Waals surface area contributed by atoms with Gasteiger partial charge in [0.05, 0.1) is 6.10 Å². The van der Waals surface area contributed by atoms with Crippen LogP contribution in [0.2, 0.25) is 0 Å². The molecule has 11 heavy (non-hydrogen) atoms. The van der Waals surface area contributed by atoms with Crippen LogP contribution in [0.3, 0.4) is 0 Å². The molecule has 0 saturated heterocycles. The SMILES string of the molecule is C[C@@H](O)CN(C)CC(C)(C)C. The third-order valence-electron chi connectivity index (χ3n) is 1.32. The van der Waals surface area contributed by atoms with Crippen molar-refractivity contribution in [1.82, 2.24) is 4.90 Å². The summed E-state index contributed by atoms with van der Waals surface area (Å²) in [5.41, 5.74) is 0.323. The van der Waals surface area contributed by atoms with Gasteiger partial charge in [-0.05, 0) is 19.4 Å². The fourth-order valence-corrected chi connectivity index (χ4v) is 1.33. The highest BCUT2D eigenvalue weighted by molar-refractivity contribution is 4.67. The van der Waals surface area contributed by atoms with Crippen molar-refractivity contribution in [2.24, 2.45) is 5.41 Å². The van der Waals surface area contributed by atoms with Crippen LogP contribution in [0.1, 0.15) is 27.7 Å². The Labute approximate surface area is 70.2 Å². The topological polar surface area (TPSA) is 23.5 Å². The van der Waals surface area contributed by atoms with E-state index >= 15 is 0 Å². The first kappa shape index (κ1) is 10.9. The summed E-state index contributed by atoms with van der Waals surface area (Å²) in [7, 11) is 2.04. The number of hydrogen-bond donors (Lipinski definition) is 1. The molecule has 2 nitrogen and oxygen atoms in total. The quantitative estimate of drug-likeness (QED) is 0.672. The first-order chi connectivity index (χ1) is 4.81. The van der Waals surface area contributed by atoms with Crippen molar-refractivity contribution in [3.8, 4) is 0 Å². The summed E-state index contributed by atoms with van der Waals surface area (Å²) in [4.78, 5) is 2.16. The molecule has 1 atom stereocenters. The van der Waals surface area contributed by atoms with Crippen molar-refractivity contribution < 1.29 is 5.11 Å². The maximum Gasteiger partial charge on any atom is 0.0638 e. The Kier molecular flexibility index (Phi) is 4.04. The van der Waals surface area contributed by atoms with E-state index in [1.165, 1.54) is 0 Å². The molecule has 0 spiro atoms. The van der Waals surface area contributed by atoms with Gasteiger partial charge in [-0.1, -0.05) is 20.8 Å². The molecule has 0 heterocycles. The van der Waals surface area contributed by atoms with Gasteiger partial charge >= 0.3 is 0 Å². The van der Waals surface area contributed by atoms with Gasteiger partial charge in [0, 0.05) is 13.1 Å². The Balaban J connectivity index is 3.61. The van der Waals surface area contributed by atoms with Crippen LogP contribution in [0.4, 0.5) is 0 Å². The fraction of sp³-hybridized carbons (Fsp3) is 1.00. The summed E-state index contributed by atoms with van der Waals surface area (Å²) in [5, 5.41) is 9.08. The zero-order chi connectivity index (χ0) is 9.07. The van der Waals surface area contributed by atoms with E-state index in [-0.39, 0.29) is 6.10 Å². The van der Waals surface area contributed by atoms with Crippen molar-refractivity contribution in [1.29, 1.82) is 0 Å². The average Bonchev–Trinajstić information content (AvgIpc) is 1.53. The highest BCUT2D eigenvalue weighted by Gasteiger charge is 2.13. The van der Waals surface area contributed by atoms with Gasteiger partial charge in [0.1, 0.15) is 0 Å². The molecule has 0 aliphatic carbocycles. The van der Waals surface area contributed by atoms with E-state index in [0.717, 1.165) is 13.1 Å². The number of likely N-dealkylation sites (N-methyl/N-ethyl adjacent to an activating group) is 1. The number of aliphatic hydroxyl groups is 1. The second kappa shape index (κ2) is 4.07. The van der Waals surface area contributed by atoms with E-state index in [1.54, 1.807) is 0 Å². The molecule has 0 aromatic heterocycles. The number of nitrogens with zero attached hydrogens (tertiary/aromatic N) is 1. The molecule has 0 amide bonds. The van der Waals surface area contributed by atoms with Gasteiger partial charge in [-0.3, -0.25) is 0 Å². The molecule has 0 aliphatic rings. The van der Waals surface area contributed by atoms with Crippen molar-refractivity contribution >= 4 is 0 Å². The van der Waals surface area contributed by atoms with Crippen LogP contribution in [-0.4, -0.2) is 36.2 Å². The van der Waals surface area contributed by atoms with E-state index < -0.39 is 0 Å². The van der Waals surface area contributed by atoms with E-state index in [2.05, 4.69) is 25.7 Å². The lowest BCUT2D eigenvalue weighted by atomic mass is 9.96. The van der Waals surface area contributed by atoms with E-state index in [0.29, 0.717) is 5.41 Å². The van der Waals surface area contributed by atoms with E-state index in [9.17, 15) is 0 Å². The highest BCUT2D eigenvalue weighted by Crippen LogP contribution is 2.13. The third-order valence-corrected chi connectivity index (χ3v) is 1.32. The minimum atomic E-state index is -0.220. The minimum absolute atomic E-state index is 0.220. The summed E-state index contributed by atoms with van der Waals surface area (Å²) >= 11 is 0. The molecular weight excluding hydrogens is 138 g/mol. The minimum Gasteiger partial charge on any atom is -0.392 e. The summed E-state index contributed by atoms with van der Waals surface area (Å²) in [6.45, 7) is 10.2. The molecule has 0 unspecified atom stereocenters. The van der Waals surface area contributed by atoms with Crippen LogP contribution in [0.15, 0.2) is 0 Å². The molecule has 0 bridgehead atoms. The van der Waals surface area contributed by atoms with Crippen LogP contribution in [-0.2, 0) is 0 Å². The first-order valence-corrected chi connectivity index (χ1v) is 4.18. The predicted molar refractivity (Wildman–Crippen MR) is 48.6 cm³/mol. The average molecular weight is 159 g/mol. The second-order valence-corrected chi connectivity index (χ2v) is 4.61. The van der Waals surface area contributed by atoms with E-state index in [4.69, 9.17) is 5.11 Å². The van der Waals surface area contributed by atoms with Crippen LogP contribution < -0.4 is 0 Å². The summed E-state index contributed by atoms with van der Waals surface area (Å²) < 4.78 is 0. The Morgan fingerprint density at radius 1 is 1.36 bits per heavy atom. The summed E-state index contributed by atoms with van der Waals surface area (Å²) in [5.74, 6) is 0. The normalized spacial score (nSPS) is 15.5. The van der Waals surface area contributed by atoms with Gasteiger partial charge in [0.15, 0.2) is 0 Å². The summed E-state index contributed by atoms with van der Waals surface area (Å²) in [6.07, 6.45) is -0.220. The third kappa shape index (κ3) is 7.82. The lowest BCUT2D eigenvalue weighted by Crippen LogP contribution is -2.34. The molecule has 1 N–H and O–H groups in total. The molecule has 0 fully saturated rings. The van der Waals surface area contributed by atoms with Gasteiger partial charge in [0.2, 0.25) is 0 Å². The van der Waals surface area contributed by atoms with Crippen molar-refractivity contribution in [3.63, 3.8) is 0 Å². The van der Waals surface area contributed by atoms with Gasteiger partial charge in [-0.2, -0.15) is 0 Å². The van der Waals surface area contributed by atoms with Crippen LogP contribution >= 0.6 is 0 Å². The van der Waals surface area contributed by atoms with Gasteiger partial charge in [-0.15, -0.1) is 0 Å². The van der Waals surface area contributed by atoms with Crippen LogP contribution in [0, 0.1) is 5.41 Å². The first-order valence-electron chi connectivity index (χ1n) is 4.18. The molecule has 68 valence electrons. The molecule has 0 aromatic carbocycles. The molecule has 0 rings (SSSR count). The molecular formula is C9H21NO. The monoisotopic (exact) mass is 159 g/mol. The molecule has 0 saturated carbocycles. The Bertz CT molecular complexity index is 105. The maximum atomic E-state index is 9.08. The Hall–Kier alpha value is -0.0800. The van der Waals surface area contributed by atoms with Gasteiger partial charge < -0.3 is 10.0 Å². The molecule has 2 heteroatoms. The van der Waals surface area contributed by atoms with Crippen LogP contribution in [0.25, 0.3) is 0 Å². The zero-order valence-corrected chi connectivity index (χ0v) is 8.39. The second-order valence-electron chi connectivity index (χ2n) is 4.61. The standard InChI is InChI=1S/C9H21NO/c1-8(11)6-10(5)7-9(2,3)4/h8,11H,6-7H2,1-5H3/t8-/m1/s1. The molecule has 0 aliphatic heterocycles. The molecule has 0 radical (unpaired) electrons. The van der Waals surface area contributed by atoms with E-state index in [1.807, 2.05) is 14.0 Å². The van der Waals surface area contributed by atoms with Crippen LogP contribution in [0.5, 0.6) is 0 Å². The number of rotatable bonds is 3. The van der Waals surface area contributed by atoms with Gasteiger partial charge in [0.25, 0.3) is 0 Å². The largest absolute Gasteiger partial charge is 0.392 e. The lowest BCUT2D eigenvalue weighted by molar-refractivity contribution is 0.121. The number of hydrogen-bond acceptors (Lipinski definition) is 2. The van der Waals surface area contributed by atoms with Crippen molar-refractivity contribution in [3.05, 3.63) is 0 Å². The zero-order valence-electron chi connectivity index (χ0n) is 8.39. The van der Waals surface area contributed by atoms with Crippen molar-refractivity contribution in [2.75, 3.05) is 20.1 Å². The van der Waals surface area contributed by atoms with Gasteiger partial charge in [-0.25, -0.2) is 0 Å². The fourth-order valence-electron chi connectivity index (χ4n) is 1.33. The maximum absolute atomic E-state index is 9.08. The Morgan fingerprint density at radius 2 is 1.82 bits per heavy atom. The lowest BCUT2D eigenvalue weighted by Gasteiger charge is -2.27. The smallest absolute Gasteiger partial charge is 0.0638 e. The predicted octanol–water partition coefficient (Wildman–Crippen LogP) is 1.35. The Morgan fingerprint density at radius 3 is 2.09 bits per heavy atom.